The molecule has 0 atom stereocenters. The minimum absolute atomic E-state index is 0.247. The number of aromatic nitrogens is 3. The fourth-order valence-corrected chi connectivity index (χ4v) is 3.12. The molecular weight excluding hydrogens is 314 g/mol. The van der Waals surface area contributed by atoms with Crippen molar-refractivity contribution in [1.29, 1.82) is 0 Å². The average Bonchev–Trinajstić information content (AvgIpc) is 2.89. The Kier molecular flexibility index (Phi) is 3.96. The van der Waals surface area contributed by atoms with Gasteiger partial charge in [0.05, 0.1) is 0 Å². The van der Waals surface area contributed by atoms with E-state index in [2.05, 4.69) is 4.98 Å². The van der Waals surface area contributed by atoms with E-state index in [0.29, 0.717) is 16.2 Å². The summed E-state index contributed by atoms with van der Waals surface area (Å²) in [5.41, 5.74) is 2.25. The normalized spacial score (nSPS) is 11.0. The lowest BCUT2D eigenvalue weighted by Crippen LogP contribution is -2.23. The summed E-state index contributed by atoms with van der Waals surface area (Å²) in [6.07, 6.45) is 3.54. The molecule has 2 heterocycles. The van der Waals surface area contributed by atoms with E-state index in [9.17, 15) is 9.59 Å². The zero-order chi connectivity index (χ0) is 16.6. The molecular formula is C16H15N3O3S. The molecule has 1 N–H and O–H groups in total. The monoisotopic (exact) mass is 329 g/mol. The summed E-state index contributed by atoms with van der Waals surface area (Å²) in [4.78, 5) is 28.3. The lowest BCUT2D eigenvalue weighted by atomic mass is 10.1. The number of carboxylic acids is 1. The first kappa shape index (κ1) is 15.4. The van der Waals surface area contributed by atoms with Gasteiger partial charge in [-0.2, -0.15) is 0 Å². The van der Waals surface area contributed by atoms with Gasteiger partial charge in [-0.3, -0.25) is 14.2 Å². The molecule has 118 valence electrons. The number of benzene rings is 1. The van der Waals surface area contributed by atoms with Crippen LogP contribution in [-0.4, -0.2) is 31.4 Å². The molecule has 0 amide bonds. The van der Waals surface area contributed by atoms with Crippen LogP contribution >= 0.6 is 11.8 Å². The van der Waals surface area contributed by atoms with Crippen molar-refractivity contribution in [1.82, 2.24) is 14.1 Å². The predicted octanol–water partition coefficient (Wildman–Crippen LogP) is 2.21. The number of hydrogen-bond donors (Lipinski definition) is 1. The number of aliphatic carboxylic acids is 1. The topological polar surface area (TPSA) is 77.1 Å². The molecule has 3 rings (SSSR count). The molecule has 23 heavy (non-hydrogen) atoms. The van der Waals surface area contributed by atoms with Crippen LogP contribution in [0.5, 0.6) is 0 Å². The molecule has 7 heteroatoms. The molecule has 6 nitrogen and oxygen atoms in total. The van der Waals surface area contributed by atoms with Gasteiger partial charge in [-0.25, -0.2) is 4.98 Å². The van der Waals surface area contributed by atoms with Gasteiger partial charge in [-0.1, -0.05) is 42.1 Å². The van der Waals surface area contributed by atoms with E-state index < -0.39 is 5.97 Å². The number of fused-ring (bicyclic) bond motifs is 1. The Morgan fingerprint density at radius 1 is 1.30 bits per heavy atom. The van der Waals surface area contributed by atoms with Crippen LogP contribution in [-0.2, 0) is 18.4 Å². The van der Waals surface area contributed by atoms with Crippen LogP contribution in [0.4, 0.5) is 0 Å². The van der Waals surface area contributed by atoms with Crippen molar-refractivity contribution in [2.45, 2.75) is 11.7 Å². The molecule has 0 unspecified atom stereocenters. The van der Waals surface area contributed by atoms with Gasteiger partial charge in [0.25, 0.3) is 5.56 Å². The Labute approximate surface area is 136 Å². The number of nitrogens with zero attached hydrogens (tertiary/aromatic N) is 3. The summed E-state index contributed by atoms with van der Waals surface area (Å²) in [6.45, 7) is -0.279. The van der Waals surface area contributed by atoms with E-state index in [0.717, 1.165) is 11.1 Å². The van der Waals surface area contributed by atoms with Crippen LogP contribution in [0.15, 0.2) is 46.5 Å². The maximum absolute atomic E-state index is 12.7. The van der Waals surface area contributed by atoms with Gasteiger partial charge >= 0.3 is 5.97 Å². The number of carboxylic acid groups (broad SMARTS) is 1. The first-order valence-corrected chi connectivity index (χ1v) is 8.16. The number of carbonyl (C=O) groups is 1. The Balaban J connectivity index is 2.39. The number of rotatable bonds is 4. The van der Waals surface area contributed by atoms with Gasteiger partial charge in [0.2, 0.25) is 0 Å². The first-order chi connectivity index (χ1) is 11.0. The van der Waals surface area contributed by atoms with Gasteiger partial charge < -0.3 is 9.67 Å². The highest BCUT2D eigenvalue weighted by molar-refractivity contribution is 7.98. The average molecular weight is 329 g/mol. The third-order valence-electron chi connectivity index (χ3n) is 3.63. The molecule has 0 aliphatic carbocycles. The zero-order valence-corrected chi connectivity index (χ0v) is 13.5. The summed E-state index contributed by atoms with van der Waals surface area (Å²) in [5.74, 6) is -1.00. The Hall–Kier alpha value is -2.54. The zero-order valence-electron chi connectivity index (χ0n) is 12.7. The van der Waals surface area contributed by atoms with Gasteiger partial charge in [0.15, 0.2) is 5.16 Å². The van der Waals surface area contributed by atoms with Gasteiger partial charge in [0, 0.05) is 18.8 Å². The first-order valence-electron chi connectivity index (χ1n) is 6.94. The van der Waals surface area contributed by atoms with Crippen LogP contribution in [0.2, 0.25) is 0 Å². The molecule has 0 saturated heterocycles. The van der Waals surface area contributed by atoms with Crippen LogP contribution in [0, 0.1) is 0 Å². The van der Waals surface area contributed by atoms with E-state index in [-0.39, 0.29) is 12.1 Å². The molecule has 0 aliphatic rings. The Morgan fingerprint density at radius 3 is 2.61 bits per heavy atom. The number of hydrogen-bond acceptors (Lipinski definition) is 4. The lowest BCUT2D eigenvalue weighted by molar-refractivity contribution is -0.137. The fourth-order valence-electron chi connectivity index (χ4n) is 2.58. The third kappa shape index (κ3) is 2.63. The van der Waals surface area contributed by atoms with Crippen molar-refractivity contribution in [3.8, 4) is 11.1 Å². The molecule has 0 radical (unpaired) electrons. The second kappa shape index (κ2) is 5.92. The van der Waals surface area contributed by atoms with E-state index in [1.807, 2.05) is 36.6 Å². The molecule has 0 saturated carbocycles. The highest BCUT2D eigenvalue weighted by Gasteiger charge is 2.19. The molecule has 0 fully saturated rings. The smallest absolute Gasteiger partial charge is 0.323 e. The summed E-state index contributed by atoms with van der Waals surface area (Å²) in [6, 6.07) is 9.52. The van der Waals surface area contributed by atoms with Crippen molar-refractivity contribution in [3.63, 3.8) is 0 Å². The summed E-state index contributed by atoms with van der Waals surface area (Å²) in [5, 5.41) is 9.70. The van der Waals surface area contributed by atoms with Crippen molar-refractivity contribution in [3.05, 3.63) is 46.9 Å². The van der Waals surface area contributed by atoms with E-state index in [1.165, 1.54) is 20.9 Å². The van der Waals surface area contributed by atoms with E-state index in [4.69, 9.17) is 5.11 Å². The fraction of sp³-hybridized carbons (Fsp3) is 0.188. The standard InChI is InChI=1S/C16H15N3O3S/c1-18-15(22)14-13(17-16(18)23-2)11(8-19(14)9-12(20)21)10-6-4-3-5-7-10/h3-8H,9H2,1-2H3,(H,20,21). The minimum atomic E-state index is -1.00. The van der Waals surface area contributed by atoms with Crippen LogP contribution in [0.1, 0.15) is 0 Å². The summed E-state index contributed by atoms with van der Waals surface area (Å²) >= 11 is 1.38. The van der Waals surface area contributed by atoms with Crippen molar-refractivity contribution < 1.29 is 9.90 Å². The third-order valence-corrected chi connectivity index (χ3v) is 4.36. The SMILES string of the molecule is CSc1nc2c(-c3ccccc3)cn(CC(=O)O)c2c(=O)n1C. The van der Waals surface area contributed by atoms with Gasteiger partial charge in [-0.05, 0) is 11.8 Å². The van der Waals surface area contributed by atoms with Gasteiger partial charge in [-0.15, -0.1) is 0 Å². The summed E-state index contributed by atoms with van der Waals surface area (Å²) in [7, 11) is 1.64. The Bertz CT molecular complexity index is 945. The molecule has 0 spiro atoms. The minimum Gasteiger partial charge on any atom is -0.480 e. The maximum Gasteiger partial charge on any atom is 0.323 e. The summed E-state index contributed by atoms with van der Waals surface area (Å²) < 4.78 is 2.90. The number of thioether (sulfide) groups is 1. The largest absolute Gasteiger partial charge is 0.480 e. The van der Waals surface area contributed by atoms with Crippen LogP contribution in [0.25, 0.3) is 22.2 Å². The highest BCUT2D eigenvalue weighted by atomic mass is 32.2. The van der Waals surface area contributed by atoms with Crippen LogP contribution in [0.3, 0.4) is 0 Å². The quantitative estimate of drug-likeness (QED) is 0.586. The van der Waals surface area contributed by atoms with E-state index >= 15 is 0 Å². The van der Waals surface area contributed by atoms with Crippen molar-refractivity contribution in [2.24, 2.45) is 7.05 Å². The van der Waals surface area contributed by atoms with Crippen molar-refractivity contribution >= 4 is 28.8 Å². The lowest BCUT2D eigenvalue weighted by Gasteiger charge is -2.06. The molecule has 1 aromatic carbocycles. The molecule has 0 bridgehead atoms. The van der Waals surface area contributed by atoms with E-state index in [1.54, 1.807) is 13.2 Å². The second-order valence-electron chi connectivity index (χ2n) is 5.09. The highest BCUT2D eigenvalue weighted by Crippen LogP contribution is 2.29. The molecule has 0 aliphatic heterocycles. The second-order valence-corrected chi connectivity index (χ2v) is 5.86. The van der Waals surface area contributed by atoms with Crippen LogP contribution < -0.4 is 5.56 Å². The molecule has 2 aromatic heterocycles. The maximum atomic E-state index is 12.7. The van der Waals surface area contributed by atoms with Crippen molar-refractivity contribution in [2.75, 3.05) is 6.26 Å². The molecule has 3 aromatic rings. The van der Waals surface area contributed by atoms with Gasteiger partial charge in [0.1, 0.15) is 17.6 Å². The predicted molar refractivity (Wildman–Crippen MR) is 89.8 cm³/mol. The Morgan fingerprint density at radius 2 is 2.00 bits per heavy atom.